The fourth-order valence-corrected chi connectivity index (χ4v) is 2.50. The molecule has 0 aromatic heterocycles. The summed E-state index contributed by atoms with van der Waals surface area (Å²) in [5.41, 5.74) is -1.13. The molecule has 1 heterocycles. The molecule has 4 nitrogen and oxygen atoms in total. The van der Waals surface area contributed by atoms with Crippen molar-refractivity contribution in [2.75, 3.05) is 6.61 Å². The van der Waals surface area contributed by atoms with Crippen LogP contribution in [0.2, 0.25) is 0 Å². The first kappa shape index (κ1) is 11.2. The molecule has 1 fully saturated rings. The first-order valence-corrected chi connectivity index (χ1v) is 5.42. The van der Waals surface area contributed by atoms with Crippen molar-refractivity contribution < 1.29 is 19.1 Å². The zero-order valence-corrected chi connectivity index (χ0v) is 9.78. The minimum Gasteiger partial charge on any atom is -0.464 e. The lowest BCUT2D eigenvalue weighted by molar-refractivity contribution is -0.158. The van der Waals surface area contributed by atoms with Crippen molar-refractivity contribution in [3.63, 3.8) is 0 Å². The van der Waals surface area contributed by atoms with Gasteiger partial charge in [-0.15, -0.1) is 0 Å². The van der Waals surface area contributed by atoms with E-state index in [1.165, 1.54) is 6.92 Å². The van der Waals surface area contributed by atoms with Gasteiger partial charge in [-0.05, 0) is 6.92 Å². The lowest BCUT2D eigenvalue weighted by Crippen LogP contribution is -2.49. The molecule has 4 heteroatoms. The molecule has 0 bridgehead atoms. The third kappa shape index (κ3) is 1.29. The van der Waals surface area contributed by atoms with E-state index in [1.807, 2.05) is 26.0 Å². The summed E-state index contributed by atoms with van der Waals surface area (Å²) in [5.74, 6) is -0.550. The predicted molar refractivity (Wildman–Crippen MR) is 56.5 cm³/mol. The van der Waals surface area contributed by atoms with Gasteiger partial charge in [-0.25, -0.2) is 0 Å². The summed E-state index contributed by atoms with van der Waals surface area (Å²) in [7, 11) is 0. The molecule has 0 aromatic rings. The van der Waals surface area contributed by atoms with Crippen LogP contribution < -0.4 is 0 Å². The molecule has 2 rings (SSSR count). The molecule has 0 spiro atoms. The third-order valence-corrected chi connectivity index (χ3v) is 3.93. The first-order valence-electron chi connectivity index (χ1n) is 5.42. The zero-order chi connectivity index (χ0) is 12.0. The van der Waals surface area contributed by atoms with Gasteiger partial charge < -0.3 is 9.47 Å². The topological polar surface area (TPSA) is 52.6 Å². The largest absolute Gasteiger partial charge is 0.464 e. The number of carbonyl (C=O) groups excluding carboxylic acids is 2. The number of hydrogen-bond acceptors (Lipinski definition) is 4. The summed E-state index contributed by atoms with van der Waals surface area (Å²) in [6, 6.07) is 0. The number of cyclic esters (lactones) is 1. The van der Waals surface area contributed by atoms with Crippen LogP contribution in [0.25, 0.3) is 0 Å². The highest BCUT2D eigenvalue weighted by Gasteiger charge is 2.61. The fraction of sp³-hybridized carbons (Fsp3) is 0.667. The van der Waals surface area contributed by atoms with E-state index in [4.69, 9.17) is 9.47 Å². The third-order valence-electron chi connectivity index (χ3n) is 3.93. The average Bonchev–Trinajstić information content (AvgIpc) is 2.43. The Hall–Kier alpha value is -1.32. The Bertz CT molecular complexity index is 373. The number of esters is 2. The van der Waals surface area contributed by atoms with Gasteiger partial charge in [-0.2, -0.15) is 0 Å². The predicted octanol–water partition coefficient (Wildman–Crippen LogP) is 1.45. The van der Waals surface area contributed by atoms with E-state index in [9.17, 15) is 9.59 Å². The molecule has 2 aliphatic rings. The van der Waals surface area contributed by atoms with Gasteiger partial charge >= 0.3 is 11.9 Å². The van der Waals surface area contributed by atoms with E-state index in [1.54, 1.807) is 0 Å². The van der Waals surface area contributed by atoms with E-state index in [0.717, 1.165) is 0 Å². The Kier molecular flexibility index (Phi) is 2.33. The summed E-state index contributed by atoms with van der Waals surface area (Å²) in [6.45, 7) is 5.48. The van der Waals surface area contributed by atoms with E-state index in [0.29, 0.717) is 13.0 Å². The second-order valence-corrected chi connectivity index (χ2v) is 4.93. The van der Waals surface area contributed by atoms with Crippen LogP contribution in [0.15, 0.2) is 12.2 Å². The Morgan fingerprint density at radius 2 is 2.25 bits per heavy atom. The molecule has 0 amide bonds. The minimum absolute atomic E-state index is 0.233. The van der Waals surface area contributed by atoms with Gasteiger partial charge in [0.15, 0.2) is 0 Å². The van der Waals surface area contributed by atoms with Crippen molar-refractivity contribution >= 4 is 11.9 Å². The van der Waals surface area contributed by atoms with Gasteiger partial charge in [-0.1, -0.05) is 19.1 Å². The molecule has 3 atom stereocenters. The molecule has 0 radical (unpaired) electrons. The van der Waals surface area contributed by atoms with E-state index < -0.39 is 10.8 Å². The number of carbonyl (C=O) groups is 2. The Labute approximate surface area is 94.6 Å². The van der Waals surface area contributed by atoms with Crippen LogP contribution in [-0.2, 0) is 19.1 Å². The number of fused-ring (bicyclic) bond motifs is 1. The quantitative estimate of drug-likeness (QED) is 0.499. The molecule has 1 aliphatic carbocycles. The summed E-state index contributed by atoms with van der Waals surface area (Å²) in [5, 5.41) is 0. The van der Waals surface area contributed by atoms with Crippen molar-refractivity contribution in [3.05, 3.63) is 12.2 Å². The minimum atomic E-state index is -0.675. The molecular formula is C12H16O4. The second-order valence-electron chi connectivity index (χ2n) is 4.93. The summed E-state index contributed by atoms with van der Waals surface area (Å²) < 4.78 is 10.4. The lowest BCUT2D eigenvalue weighted by atomic mass is 9.61. The maximum Gasteiger partial charge on any atom is 0.316 e. The maximum atomic E-state index is 11.8. The highest BCUT2D eigenvalue weighted by molar-refractivity contribution is 5.82. The van der Waals surface area contributed by atoms with E-state index in [2.05, 4.69) is 0 Å². The molecule has 0 N–H and O–H groups in total. The van der Waals surface area contributed by atoms with Gasteiger partial charge in [0.1, 0.15) is 12.7 Å². The number of ether oxygens (including phenoxy) is 2. The maximum absolute atomic E-state index is 11.8. The summed E-state index contributed by atoms with van der Waals surface area (Å²) in [4.78, 5) is 22.8. The van der Waals surface area contributed by atoms with Crippen LogP contribution >= 0.6 is 0 Å². The molecular weight excluding hydrogens is 208 g/mol. The van der Waals surface area contributed by atoms with Gasteiger partial charge in [0.05, 0.1) is 10.8 Å². The first-order chi connectivity index (χ1) is 7.40. The van der Waals surface area contributed by atoms with Crippen LogP contribution in [0, 0.1) is 10.8 Å². The molecule has 0 saturated carbocycles. The highest BCUT2D eigenvalue weighted by atomic mass is 16.6. The molecule has 1 saturated heterocycles. The fourth-order valence-electron chi connectivity index (χ4n) is 2.50. The summed E-state index contributed by atoms with van der Waals surface area (Å²) >= 11 is 0. The van der Waals surface area contributed by atoms with E-state index in [-0.39, 0.29) is 18.0 Å². The number of rotatable bonds is 1. The monoisotopic (exact) mass is 224 g/mol. The Morgan fingerprint density at radius 1 is 1.56 bits per heavy atom. The Morgan fingerprint density at radius 3 is 2.88 bits per heavy atom. The lowest BCUT2D eigenvalue weighted by Gasteiger charge is -2.42. The molecule has 1 aliphatic heterocycles. The molecule has 16 heavy (non-hydrogen) atoms. The normalized spacial score (nSPS) is 41.4. The van der Waals surface area contributed by atoms with Crippen LogP contribution in [-0.4, -0.2) is 24.6 Å². The van der Waals surface area contributed by atoms with Crippen LogP contribution in [0.1, 0.15) is 27.2 Å². The van der Waals surface area contributed by atoms with Crippen LogP contribution in [0.5, 0.6) is 0 Å². The van der Waals surface area contributed by atoms with Gasteiger partial charge in [0.2, 0.25) is 0 Å². The summed E-state index contributed by atoms with van der Waals surface area (Å²) in [6.07, 6.45) is 4.12. The Balaban J connectivity index is 2.37. The van der Waals surface area contributed by atoms with Crippen molar-refractivity contribution in [1.82, 2.24) is 0 Å². The van der Waals surface area contributed by atoms with Crippen molar-refractivity contribution in [3.8, 4) is 0 Å². The SMILES string of the molecule is CC(=O)OC1CC=CC2(C)C(=O)OCC12C. The van der Waals surface area contributed by atoms with Gasteiger partial charge in [0.25, 0.3) is 0 Å². The second kappa shape index (κ2) is 3.34. The van der Waals surface area contributed by atoms with Crippen molar-refractivity contribution in [2.24, 2.45) is 10.8 Å². The van der Waals surface area contributed by atoms with Crippen molar-refractivity contribution in [1.29, 1.82) is 0 Å². The zero-order valence-electron chi connectivity index (χ0n) is 9.78. The molecule has 88 valence electrons. The standard InChI is InChI=1S/C12H16O4/c1-8(13)16-9-5-4-6-11(2)10(14)15-7-12(9,11)3/h4,6,9H,5,7H2,1-3H3. The average molecular weight is 224 g/mol. The smallest absolute Gasteiger partial charge is 0.316 e. The van der Waals surface area contributed by atoms with Gasteiger partial charge in [0, 0.05) is 13.3 Å². The van der Waals surface area contributed by atoms with Crippen molar-refractivity contribution in [2.45, 2.75) is 33.3 Å². The molecule has 0 aromatic carbocycles. The van der Waals surface area contributed by atoms with Crippen LogP contribution in [0.4, 0.5) is 0 Å². The number of hydrogen-bond donors (Lipinski definition) is 0. The van der Waals surface area contributed by atoms with Crippen LogP contribution in [0.3, 0.4) is 0 Å². The molecule has 3 unspecified atom stereocenters. The van der Waals surface area contributed by atoms with Gasteiger partial charge in [-0.3, -0.25) is 9.59 Å². The highest BCUT2D eigenvalue weighted by Crippen LogP contribution is 2.53. The van der Waals surface area contributed by atoms with E-state index >= 15 is 0 Å².